The lowest BCUT2D eigenvalue weighted by molar-refractivity contribution is -0.113. The van der Waals surface area contributed by atoms with Crippen molar-refractivity contribution in [2.24, 2.45) is 0 Å². The number of hydrogen-bond acceptors (Lipinski definition) is 4. The smallest absolute Gasteiger partial charge is 0.253 e. The van der Waals surface area contributed by atoms with Gasteiger partial charge in [-0.1, -0.05) is 25.1 Å². The first-order valence-corrected chi connectivity index (χ1v) is 11.2. The molecular formula is C23H29N3O2S. The maximum Gasteiger partial charge on any atom is 0.253 e. The van der Waals surface area contributed by atoms with E-state index in [1.165, 1.54) is 11.8 Å². The summed E-state index contributed by atoms with van der Waals surface area (Å²) in [6.07, 6.45) is 3.15. The monoisotopic (exact) mass is 411 g/mol. The number of anilines is 2. The van der Waals surface area contributed by atoms with Gasteiger partial charge in [-0.25, -0.2) is 0 Å². The number of carbonyl (C=O) groups is 2. The summed E-state index contributed by atoms with van der Waals surface area (Å²) in [6, 6.07) is 15.6. The van der Waals surface area contributed by atoms with Crippen LogP contribution in [0.15, 0.2) is 53.4 Å². The van der Waals surface area contributed by atoms with Crippen LogP contribution in [-0.4, -0.2) is 36.7 Å². The van der Waals surface area contributed by atoms with Crippen molar-refractivity contribution >= 4 is 35.0 Å². The maximum absolute atomic E-state index is 12.9. The SMILES string of the molecule is CC[C@H](C)NC(=O)c1cc(NC(=O)CSc2ccccc2)ccc1N1CCCC1. The van der Waals surface area contributed by atoms with Crippen LogP contribution < -0.4 is 15.5 Å². The van der Waals surface area contributed by atoms with E-state index in [1.807, 2.05) is 56.3 Å². The molecule has 2 N–H and O–H groups in total. The van der Waals surface area contributed by atoms with E-state index in [0.29, 0.717) is 17.0 Å². The molecule has 0 unspecified atom stereocenters. The molecule has 5 nitrogen and oxygen atoms in total. The van der Waals surface area contributed by atoms with E-state index < -0.39 is 0 Å². The maximum atomic E-state index is 12.9. The van der Waals surface area contributed by atoms with Crippen LogP contribution in [0.4, 0.5) is 11.4 Å². The summed E-state index contributed by atoms with van der Waals surface area (Å²) in [5, 5.41) is 5.99. The van der Waals surface area contributed by atoms with E-state index in [4.69, 9.17) is 0 Å². The summed E-state index contributed by atoms with van der Waals surface area (Å²) < 4.78 is 0. The molecule has 154 valence electrons. The third kappa shape index (κ3) is 6.00. The minimum absolute atomic E-state index is 0.0824. The second-order valence-corrected chi connectivity index (χ2v) is 8.41. The molecular weight excluding hydrogens is 382 g/mol. The fourth-order valence-electron chi connectivity index (χ4n) is 3.30. The van der Waals surface area contributed by atoms with Gasteiger partial charge >= 0.3 is 0 Å². The van der Waals surface area contributed by atoms with Crippen LogP contribution in [0.5, 0.6) is 0 Å². The van der Waals surface area contributed by atoms with E-state index in [1.54, 1.807) is 6.07 Å². The van der Waals surface area contributed by atoms with Gasteiger partial charge in [0.1, 0.15) is 0 Å². The number of hydrogen-bond donors (Lipinski definition) is 2. The van der Waals surface area contributed by atoms with Gasteiger partial charge in [-0.05, 0) is 56.5 Å². The highest BCUT2D eigenvalue weighted by Gasteiger charge is 2.21. The molecule has 2 aromatic rings. The fourth-order valence-corrected chi connectivity index (χ4v) is 4.02. The Morgan fingerprint density at radius 2 is 1.83 bits per heavy atom. The number of carbonyl (C=O) groups excluding carboxylic acids is 2. The van der Waals surface area contributed by atoms with Crippen molar-refractivity contribution in [2.45, 2.75) is 44.0 Å². The van der Waals surface area contributed by atoms with Crippen LogP contribution in [0.1, 0.15) is 43.5 Å². The zero-order chi connectivity index (χ0) is 20.6. The van der Waals surface area contributed by atoms with E-state index in [0.717, 1.165) is 42.9 Å². The van der Waals surface area contributed by atoms with Crippen molar-refractivity contribution < 1.29 is 9.59 Å². The highest BCUT2D eigenvalue weighted by Crippen LogP contribution is 2.28. The Balaban J connectivity index is 1.72. The summed E-state index contributed by atoms with van der Waals surface area (Å²) in [6.45, 7) is 5.97. The molecule has 1 saturated heterocycles. The highest BCUT2D eigenvalue weighted by atomic mass is 32.2. The molecule has 1 atom stereocenters. The molecule has 0 radical (unpaired) electrons. The Hall–Kier alpha value is -2.47. The van der Waals surface area contributed by atoms with Crippen LogP contribution in [0, 0.1) is 0 Å². The second-order valence-electron chi connectivity index (χ2n) is 7.36. The lowest BCUT2D eigenvalue weighted by atomic mass is 10.1. The molecule has 0 aromatic heterocycles. The Morgan fingerprint density at radius 3 is 2.52 bits per heavy atom. The molecule has 0 spiro atoms. The van der Waals surface area contributed by atoms with Gasteiger partial charge in [0.2, 0.25) is 5.91 Å². The summed E-state index contributed by atoms with van der Waals surface area (Å²) in [5.41, 5.74) is 2.22. The van der Waals surface area contributed by atoms with Crippen LogP contribution >= 0.6 is 11.8 Å². The normalized spacial score (nSPS) is 14.5. The Kier molecular flexibility index (Phi) is 7.58. The van der Waals surface area contributed by atoms with Gasteiger partial charge in [0.25, 0.3) is 5.91 Å². The Bertz CT molecular complexity index is 835. The van der Waals surface area contributed by atoms with Crippen LogP contribution in [0.2, 0.25) is 0 Å². The molecule has 1 heterocycles. The number of thioether (sulfide) groups is 1. The summed E-state index contributed by atoms with van der Waals surface area (Å²) in [7, 11) is 0. The molecule has 2 amide bonds. The Labute approximate surface area is 177 Å². The zero-order valence-corrected chi connectivity index (χ0v) is 17.9. The number of nitrogens with zero attached hydrogens (tertiary/aromatic N) is 1. The highest BCUT2D eigenvalue weighted by molar-refractivity contribution is 8.00. The number of amides is 2. The molecule has 1 aliphatic rings. The third-order valence-corrected chi connectivity index (χ3v) is 6.09. The number of nitrogens with one attached hydrogen (secondary N) is 2. The van der Waals surface area contributed by atoms with Gasteiger partial charge in [0, 0.05) is 35.4 Å². The van der Waals surface area contributed by atoms with E-state index in [9.17, 15) is 9.59 Å². The first-order valence-electron chi connectivity index (χ1n) is 10.2. The van der Waals surface area contributed by atoms with Crippen molar-refractivity contribution in [2.75, 3.05) is 29.1 Å². The number of rotatable bonds is 8. The topological polar surface area (TPSA) is 61.4 Å². The van der Waals surface area contributed by atoms with Gasteiger partial charge in [-0.2, -0.15) is 0 Å². The average molecular weight is 412 g/mol. The predicted molar refractivity (Wildman–Crippen MR) is 121 cm³/mol. The zero-order valence-electron chi connectivity index (χ0n) is 17.1. The van der Waals surface area contributed by atoms with Gasteiger partial charge in [0.05, 0.1) is 11.3 Å². The fraction of sp³-hybridized carbons (Fsp3) is 0.391. The molecule has 0 bridgehead atoms. The molecule has 29 heavy (non-hydrogen) atoms. The number of benzene rings is 2. The average Bonchev–Trinajstić information content (AvgIpc) is 3.27. The van der Waals surface area contributed by atoms with Crippen LogP contribution in [0.3, 0.4) is 0 Å². The van der Waals surface area contributed by atoms with Gasteiger partial charge in [-0.15, -0.1) is 11.8 Å². The van der Waals surface area contributed by atoms with Crippen molar-refractivity contribution in [1.82, 2.24) is 5.32 Å². The quantitative estimate of drug-likeness (QED) is 0.626. The molecule has 2 aromatic carbocycles. The van der Waals surface area contributed by atoms with Gasteiger partial charge in [0.15, 0.2) is 0 Å². The van der Waals surface area contributed by atoms with Crippen molar-refractivity contribution in [3.8, 4) is 0 Å². The molecule has 0 aliphatic carbocycles. The molecule has 0 saturated carbocycles. The first kappa shape index (κ1) is 21.2. The van der Waals surface area contributed by atoms with Crippen LogP contribution in [0.25, 0.3) is 0 Å². The third-order valence-electron chi connectivity index (χ3n) is 5.07. The van der Waals surface area contributed by atoms with Crippen molar-refractivity contribution in [3.05, 3.63) is 54.1 Å². The lowest BCUT2D eigenvalue weighted by Crippen LogP contribution is -2.33. The van der Waals surface area contributed by atoms with Crippen molar-refractivity contribution in [3.63, 3.8) is 0 Å². The van der Waals surface area contributed by atoms with Gasteiger partial charge < -0.3 is 15.5 Å². The lowest BCUT2D eigenvalue weighted by Gasteiger charge is -2.23. The van der Waals surface area contributed by atoms with E-state index in [2.05, 4.69) is 15.5 Å². The molecule has 3 rings (SSSR count). The summed E-state index contributed by atoms with van der Waals surface area (Å²) in [4.78, 5) is 28.6. The van der Waals surface area contributed by atoms with Crippen molar-refractivity contribution in [1.29, 1.82) is 0 Å². The van der Waals surface area contributed by atoms with Crippen LogP contribution in [-0.2, 0) is 4.79 Å². The molecule has 6 heteroatoms. The molecule has 1 fully saturated rings. The summed E-state index contributed by atoms with van der Waals surface area (Å²) in [5.74, 6) is 0.156. The van der Waals surface area contributed by atoms with E-state index >= 15 is 0 Å². The standard InChI is InChI=1S/C23H29N3O2S/c1-3-17(2)24-23(28)20-15-18(11-12-21(20)26-13-7-8-14-26)25-22(27)16-29-19-9-5-4-6-10-19/h4-6,9-12,15,17H,3,7-8,13-14,16H2,1-2H3,(H,24,28)(H,25,27)/t17-/m0/s1. The summed E-state index contributed by atoms with van der Waals surface area (Å²) >= 11 is 1.49. The first-order chi connectivity index (χ1) is 14.1. The molecule has 1 aliphatic heterocycles. The Morgan fingerprint density at radius 1 is 1.10 bits per heavy atom. The minimum Gasteiger partial charge on any atom is -0.371 e. The second kappa shape index (κ2) is 10.3. The van der Waals surface area contributed by atoms with E-state index in [-0.39, 0.29) is 17.9 Å². The largest absolute Gasteiger partial charge is 0.371 e. The predicted octanol–water partition coefficient (Wildman–Crippen LogP) is 4.55. The van der Waals surface area contributed by atoms with Gasteiger partial charge in [-0.3, -0.25) is 9.59 Å². The minimum atomic E-state index is -0.0870.